The Balaban J connectivity index is 1.16. The molecule has 0 aliphatic rings. The summed E-state index contributed by atoms with van der Waals surface area (Å²) in [6, 6.07) is 55.1. The Morgan fingerprint density at radius 2 is 1.17 bits per heavy atom. The molecule has 226 valence electrons. The smallest absolute Gasteiger partial charge is 0.227 e. The SMILES string of the molecule is c1ccc(-c2cccc(N(c3ccc4c(c3)oc3ccccc34)c3ccc4c(c3)sc3cccc(-c5nc6ccccc6o5)c34)c2)cc1. The third-order valence-corrected chi connectivity index (χ3v) is 10.2. The van der Waals surface area contributed by atoms with Crippen molar-refractivity contribution in [2.45, 2.75) is 0 Å². The van der Waals surface area contributed by atoms with E-state index in [1.807, 2.05) is 36.4 Å². The first kappa shape index (κ1) is 27.0. The maximum Gasteiger partial charge on any atom is 0.227 e. The van der Waals surface area contributed by atoms with E-state index < -0.39 is 0 Å². The molecule has 0 aliphatic heterocycles. The van der Waals surface area contributed by atoms with E-state index >= 15 is 0 Å². The van der Waals surface area contributed by atoms with Gasteiger partial charge in [-0.15, -0.1) is 11.3 Å². The minimum atomic E-state index is 0.643. The van der Waals surface area contributed by atoms with Crippen molar-refractivity contribution in [2.24, 2.45) is 0 Å². The van der Waals surface area contributed by atoms with Crippen molar-refractivity contribution in [1.29, 1.82) is 0 Å². The van der Waals surface area contributed by atoms with Crippen molar-refractivity contribution in [3.05, 3.63) is 158 Å². The second-order valence-corrected chi connectivity index (χ2v) is 13.1. The lowest BCUT2D eigenvalue weighted by molar-refractivity contribution is 0.620. The first-order valence-electron chi connectivity index (χ1n) is 15.9. The molecule has 48 heavy (non-hydrogen) atoms. The van der Waals surface area contributed by atoms with Gasteiger partial charge in [-0.2, -0.15) is 0 Å². The number of aromatic nitrogens is 1. The van der Waals surface area contributed by atoms with E-state index in [2.05, 4.69) is 126 Å². The van der Waals surface area contributed by atoms with Crippen LogP contribution in [0.1, 0.15) is 0 Å². The molecule has 0 radical (unpaired) electrons. The van der Waals surface area contributed by atoms with Gasteiger partial charge in [-0.1, -0.05) is 84.9 Å². The molecule has 0 saturated carbocycles. The predicted octanol–water partition coefficient (Wildman–Crippen LogP) is 12.9. The molecule has 10 rings (SSSR count). The number of benzene rings is 7. The highest BCUT2D eigenvalue weighted by Gasteiger charge is 2.20. The van der Waals surface area contributed by atoms with E-state index in [1.165, 1.54) is 20.3 Å². The van der Waals surface area contributed by atoms with Crippen molar-refractivity contribution in [2.75, 3.05) is 4.90 Å². The van der Waals surface area contributed by atoms with Gasteiger partial charge in [0.1, 0.15) is 16.7 Å². The average Bonchev–Trinajstić information content (AvgIpc) is 3.85. The number of nitrogens with zero attached hydrogens (tertiary/aromatic N) is 2. The van der Waals surface area contributed by atoms with Gasteiger partial charge in [0.05, 0.1) is 0 Å². The van der Waals surface area contributed by atoms with Gasteiger partial charge < -0.3 is 13.7 Å². The molecule has 0 N–H and O–H groups in total. The number of rotatable bonds is 5. The molecule has 0 spiro atoms. The fraction of sp³-hybridized carbons (Fsp3) is 0. The van der Waals surface area contributed by atoms with Gasteiger partial charge in [0.15, 0.2) is 5.58 Å². The first-order chi connectivity index (χ1) is 23.8. The van der Waals surface area contributed by atoms with Gasteiger partial charge >= 0.3 is 0 Å². The Bertz CT molecular complexity index is 2780. The molecule has 0 aliphatic carbocycles. The number of furan rings is 1. The monoisotopic (exact) mass is 634 g/mol. The largest absolute Gasteiger partial charge is 0.456 e. The molecule has 7 aromatic carbocycles. The summed E-state index contributed by atoms with van der Waals surface area (Å²) in [7, 11) is 0. The van der Waals surface area contributed by atoms with E-state index in [-0.39, 0.29) is 0 Å². The maximum absolute atomic E-state index is 6.36. The highest BCUT2D eigenvalue weighted by molar-refractivity contribution is 7.26. The second-order valence-electron chi connectivity index (χ2n) is 12.0. The van der Waals surface area contributed by atoms with E-state index in [4.69, 9.17) is 13.8 Å². The summed E-state index contributed by atoms with van der Waals surface area (Å²) in [5, 5.41) is 4.58. The molecule has 0 fully saturated rings. The summed E-state index contributed by atoms with van der Waals surface area (Å²) in [4.78, 5) is 7.16. The molecule has 0 bridgehead atoms. The summed E-state index contributed by atoms with van der Waals surface area (Å²) in [6.07, 6.45) is 0. The lowest BCUT2D eigenvalue weighted by atomic mass is 10.0. The topological polar surface area (TPSA) is 42.4 Å². The molecule has 0 atom stereocenters. The minimum Gasteiger partial charge on any atom is -0.456 e. The molecular formula is C43H26N2O2S. The summed E-state index contributed by atoms with van der Waals surface area (Å²) >= 11 is 1.79. The highest BCUT2D eigenvalue weighted by atomic mass is 32.1. The molecule has 3 aromatic heterocycles. The van der Waals surface area contributed by atoms with Gasteiger partial charge in [0.2, 0.25) is 5.89 Å². The summed E-state index contributed by atoms with van der Waals surface area (Å²) < 4.78 is 15.0. The zero-order chi connectivity index (χ0) is 31.6. The van der Waals surface area contributed by atoms with Crippen molar-refractivity contribution in [1.82, 2.24) is 4.98 Å². The van der Waals surface area contributed by atoms with Crippen molar-refractivity contribution in [3.8, 4) is 22.6 Å². The van der Waals surface area contributed by atoms with Crippen LogP contribution in [0.15, 0.2) is 167 Å². The van der Waals surface area contributed by atoms with Crippen LogP contribution < -0.4 is 4.90 Å². The van der Waals surface area contributed by atoms with Crippen LogP contribution in [0.3, 0.4) is 0 Å². The van der Waals surface area contributed by atoms with E-state index in [0.29, 0.717) is 5.89 Å². The van der Waals surface area contributed by atoms with Crippen LogP contribution in [0.25, 0.3) is 75.8 Å². The number of oxazole rings is 1. The number of thiophene rings is 1. The lowest BCUT2D eigenvalue weighted by Crippen LogP contribution is -2.09. The second kappa shape index (κ2) is 10.7. The van der Waals surface area contributed by atoms with Gasteiger partial charge in [-0.05, 0) is 77.9 Å². The molecule has 0 amide bonds. The molecule has 5 heteroatoms. The Morgan fingerprint density at radius 1 is 0.458 bits per heavy atom. The number of fused-ring (bicyclic) bond motifs is 7. The highest BCUT2D eigenvalue weighted by Crippen LogP contribution is 2.45. The maximum atomic E-state index is 6.36. The molecule has 4 nitrogen and oxygen atoms in total. The Hall–Kier alpha value is -6.17. The normalized spacial score (nSPS) is 11.8. The number of hydrogen-bond acceptors (Lipinski definition) is 5. The van der Waals surface area contributed by atoms with Crippen LogP contribution in [0.2, 0.25) is 0 Å². The molecular weight excluding hydrogens is 609 g/mol. The summed E-state index contributed by atoms with van der Waals surface area (Å²) in [5.74, 6) is 0.643. The van der Waals surface area contributed by atoms with Crippen molar-refractivity contribution >= 4 is 81.6 Å². The Morgan fingerprint density at radius 3 is 2.06 bits per heavy atom. The van der Waals surface area contributed by atoms with Gasteiger partial charge in [0.25, 0.3) is 0 Å². The summed E-state index contributed by atoms with van der Waals surface area (Å²) in [6.45, 7) is 0. The van der Waals surface area contributed by atoms with Gasteiger partial charge in [0, 0.05) is 59.6 Å². The quantitative estimate of drug-likeness (QED) is 0.189. The zero-order valence-electron chi connectivity index (χ0n) is 25.6. The van der Waals surface area contributed by atoms with Crippen molar-refractivity contribution < 1.29 is 8.83 Å². The molecule has 0 unspecified atom stereocenters. The lowest BCUT2D eigenvalue weighted by Gasteiger charge is -2.26. The Kier molecular flexibility index (Phi) is 6.01. The van der Waals surface area contributed by atoms with Crippen LogP contribution in [0.4, 0.5) is 17.1 Å². The first-order valence-corrected chi connectivity index (χ1v) is 16.8. The fourth-order valence-corrected chi connectivity index (χ4v) is 8.04. The fourth-order valence-electron chi connectivity index (χ4n) is 6.88. The minimum absolute atomic E-state index is 0.643. The van der Waals surface area contributed by atoms with Crippen LogP contribution >= 0.6 is 11.3 Å². The van der Waals surface area contributed by atoms with Crippen LogP contribution in [0.5, 0.6) is 0 Å². The Labute approximate surface area is 279 Å². The van der Waals surface area contributed by atoms with Crippen LogP contribution in [0, 0.1) is 0 Å². The van der Waals surface area contributed by atoms with E-state index in [1.54, 1.807) is 11.3 Å². The number of anilines is 3. The predicted molar refractivity (Wildman–Crippen MR) is 200 cm³/mol. The average molecular weight is 635 g/mol. The van der Waals surface area contributed by atoms with Gasteiger partial charge in [-0.3, -0.25) is 0 Å². The summed E-state index contributed by atoms with van der Waals surface area (Å²) in [5.41, 5.74) is 9.92. The van der Waals surface area contributed by atoms with Crippen LogP contribution in [-0.4, -0.2) is 4.98 Å². The van der Waals surface area contributed by atoms with Crippen LogP contribution in [-0.2, 0) is 0 Å². The number of hydrogen-bond donors (Lipinski definition) is 0. The number of para-hydroxylation sites is 3. The standard InChI is InChI=1S/C43H26N2O2S/c1-2-10-27(11-3-1)28-12-8-13-29(24-28)45(30-20-22-33-32-14-4-6-17-37(32)46-39(33)25-30)31-21-23-34-41(26-31)48-40-19-9-15-35(42(34)40)43-44-36-16-5-7-18-38(36)47-43/h1-26H. The zero-order valence-corrected chi connectivity index (χ0v) is 26.4. The molecule has 3 heterocycles. The third kappa shape index (κ3) is 4.33. The van der Waals surface area contributed by atoms with E-state index in [0.717, 1.165) is 66.6 Å². The third-order valence-electron chi connectivity index (χ3n) is 9.10. The molecule has 10 aromatic rings. The van der Waals surface area contributed by atoms with Gasteiger partial charge in [-0.25, -0.2) is 4.98 Å². The molecule has 0 saturated heterocycles. The van der Waals surface area contributed by atoms with E-state index in [9.17, 15) is 0 Å². The van der Waals surface area contributed by atoms with Crippen molar-refractivity contribution in [3.63, 3.8) is 0 Å².